The maximum absolute atomic E-state index is 14.4. The van der Waals surface area contributed by atoms with E-state index in [1.165, 1.54) is 17.4 Å². The van der Waals surface area contributed by atoms with Gasteiger partial charge in [0.2, 0.25) is 0 Å². The predicted octanol–water partition coefficient (Wildman–Crippen LogP) is 5.50. The molecule has 1 aliphatic rings. The van der Waals surface area contributed by atoms with Crippen molar-refractivity contribution in [2.75, 3.05) is 0 Å². The summed E-state index contributed by atoms with van der Waals surface area (Å²) in [5.41, 5.74) is 1.34. The Hall–Kier alpha value is -2.53. The molecule has 27 heavy (non-hydrogen) atoms. The van der Waals surface area contributed by atoms with Crippen LogP contribution in [0.25, 0.3) is 10.6 Å². The summed E-state index contributed by atoms with van der Waals surface area (Å²) in [4.78, 5) is 17.5. The zero-order valence-corrected chi connectivity index (χ0v) is 15.7. The van der Waals surface area contributed by atoms with E-state index in [-0.39, 0.29) is 18.4 Å². The number of carbonyl (C=O) groups is 1. The molecule has 1 heterocycles. The molecule has 0 aliphatic heterocycles. The van der Waals surface area contributed by atoms with Crippen LogP contribution >= 0.6 is 11.3 Å². The molecule has 138 valence electrons. The molecule has 0 N–H and O–H groups in total. The van der Waals surface area contributed by atoms with Crippen molar-refractivity contribution in [2.24, 2.45) is 0 Å². The molecule has 0 unspecified atom stereocenters. The molecular weight excluding hydrogens is 361 g/mol. The van der Waals surface area contributed by atoms with Gasteiger partial charge in [-0.25, -0.2) is 9.37 Å². The van der Waals surface area contributed by atoms with E-state index in [9.17, 15) is 9.18 Å². The number of esters is 1. The van der Waals surface area contributed by atoms with E-state index in [1.54, 1.807) is 18.2 Å². The predicted molar refractivity (Wildman–Crippen MR) is 104 cm³/mol. The zero-order valence-electron chi connectivity index (χ0n) is 14.9. The molecule has 2 aromatic carbocycles. The zero-order chi connectivity index (χ0) is 18.7. The maximum Gasteiger partial charge on any atom is 0.317 e. The largest absolute Gasteiger partial charge is 0.458 e. The molecule has 0 saturated heterocycles. The van der Waals surface area contributed by atoms with Gasteiger partial charge in [-0.15, -0.1) is 11.3 Å². The van der Waals surface area contributed by atoms with E-state index >= 15 is 0 Å². The fraction of sp³-hybridized carbons (Fsp3) is 0.273. The lowest BCUT2D eigenvalue weighted by Gasteiger charge is -2.27. The Labute approximate surface area is 161 Å². The van der Waals surface area contributed by atoms with Crippen molar-refractivity contribution in [3.8, 4) is 10.6 Å². The summed E-state index contributed by atoms with van der Waals surface area (Å²) in [7, 11) is 0. The normalized spacial score (nSPS) is 15.6. The van der Waals surface area contributed by atoms with Gasteiger partial charge in [-0.3, -0.25) is 4.79 Å². The summed E-state index contributed by atoms with van der Waals surface area (Å²) in [5.74, 6) is -0.685. The minimum atomic E-state index is -0.871. The lowest BCUT2D eigenvalue weighted by molar-refractivity contribution is -0.152. The van der Waals surface area contributed by atoms with Crippen molar-refractivity contribution >= 4 is 17.3 Å². The first-order valence-electron chi connectivity index (χ1n) is 9.11. The maximum atomic E-state index is 14.4. The van der Waals surface area contributed by atoms with Crippen LogP contribution in [0.5, 0.6) is 0 Å². The van der Waals surface area contributed by atoms with Gasteiger partial charge in [0.05, 0.1) is 11.1 Å². The Morgan fingerprint density at radius 1 is 1.07 bits per heavy atom. The Bertz CT molecular complexity index is 932. The number of nitrogens with zero attached hydrogens (tertiary/aromatic N) is 1. The van der Waals surface area contributed by atoms with Crippen LogP contribution in [0.15, 0.2) is 60.0 Å². The van der Waals surface area contributed by atoms with Gasteiger partial charge in [0.25, 0.3) is 0 Å². The monoisotopic (exact) mass is 381 g/mol. The van der Waals surface area contributed by atoms with Gasteiger partial charge in [-0.2, -0.15) is 0 Å². The molecule has 0 amide bonds. The van der Waals surface area contributed by atoms with Crippen molar-refractivity contribution in [3.63, 3.8) is 0 Å². The number of benzene rings is 2. The molecular formula is C22H20FNO2S. The number of rotatable bonds is 5. The third-order valence-electron chi connectivity index (χ3n) is 5.16. The molecule has 0 spiro atoms. The number of ether oxygens (including phenoxy) is 1. The summed E-state index contributed by atoms with van der Waals surface area (Å²) in [6.07, 6.45) is 3.05. The summed E-state index contributed by atoms with van der Waals surface area (Å²) in [6, 6.07) is 16.4. The Morgan fingerprint density at radius 2 is 1.78 bits per heavy atom. The Morgan fingerprint density at radius 3 is 2.52 bits per heavy atom. The molecule has 0 bridgehead atoms. The average Bonchev–Trinajstić information content (AvgIpc) is 3.38. The minimum Gasteiger partial charge on any atom is -0.458 e. The van der Waals surface area contributed by atoms with E-state index < -0.39 is 5.41 Å². The van der Waals surface area contributed by atoms with Crippen molar-refractivity contribution in [2.45, 2.75) is 37.7 Å². The van der Waals surface area contributed by atoms with Gasteiger partial charge in [0.1, 0.15) is 17.4 Å². The van der Waals surface area contributed by atoms with E-state index in [4.69, 9.17) is 4.74 Å². The number of halogens is 1. The van der Waals surface area contributed by atoms with Crippen molar-refractivity contribution in [1.82, 2.24) is 4.98 Å². The highest BCUT2D eigenvalue weighted by atomic mass is 32.1. The number of aromatic nitrogens is 1. The number of hydrogen-bond acceptors (Lipinski definition) is 4. The van der Waals surface area contributed by atoms with Crippen LogP contribution in [-0.2, 0) is 21.6 Å². The standard InChI is InChI=1S/C22H20FNO2S/c23-19-11-5-4-10-18(19)22(12-6-7-13-22)21(25)26-14-17-15-27-20(24-17)16-8-2-1-3-9-16/h1-5,8-11,15H,6-7,12-14H2. The molecule has 1 saturated carbocycles. The first-order valence-corrected chi connectivity index (χ1v) is 9.99. The lowest BCUT2D eigenvalue weighted by Crippen LogP contribution is -2.35. The summed E-state index contributed by atoms with van der Waals surface area (Å²) < 4.78 is 20.0. The van der Waals surface area contributed by atoms with Gasteiger partial charge in [-0.05, 0) is 18.9 Å². The number of thiazole rings is 1. The first-order chi connectivity index (χ1) is 13.2. The van der Waals surface area contributed by atoms with Gasteiger partial charge >= 0.3 is 5.97 Å². The average molecular weight is 381 g/mol. The summed E-state index contributed by atoms with van der Waals surface area (Å²) in [5, 5.41) is 2.80. The van der Waals surface area contributed by atoms with Crippen LogP contribution in [-0.4, -0.2) is 11.0 Å². The SMILES string of the molecule is O=C(OCc1csc(-c2ccccc2)n1)C1(c2ccccc2F)CCCC1. The van der Waals surface area contributed by atoms with Crippen molar-refractivity contribution in [1.29, 1.82) is 0 Å². The van der Waals surface area contributed by atoms with Gasteiger partial charge in [-0.1, -0.05) is 61.4 Å². The fourth-order valence-electron chi connectivity index (χ4n) is 3.78. The summed E-state index contributed by atoms with van der Waals surface area (Å²) in [6.45, 7) is 0.109. The van der Waals surface area contributed by atoms with Gasteiger partial charge in [0, 0.05) is 16.5 Å². The fourth-order valence-corrected chi connectivity index (χ4v) is 4.59. The van der Waals surface area contributed by atoms with Crippen LogP contribution in [0.3, 0.4) is 0 Å². The molecule has 3 nitrogen and oxygen atoms in total. The first kappa shape index (κ1) is 17.9. The van der Waals surface area contributed by atoms with Gasteiger partial charge < -0.3 is 4.74 Å². The molecule has 4 rings (SSSR count). The molecule has 5 heteroatoms. The highest BCUT2D eigenvalue weighted by Crippen LogP contribution is 2.43. The van der Waals surface area contributed by atoms with E-state index in [0.29, 0.717) is 24.1 Å². The van der Waals surface area contributed by atoms with Crippen molar-refractivity contribution < 1.29 is 13.9 Å². The van der Waals surface area contributed by atoms with Crippen LogP contribution < -0.4 is 0 Å². The lowest BCUT2D eigenvalue weighted by atomic mass is 9.78. The highest BCUT2D eigenvalue weighted by Gasteiger charge is 2.45. The second kappa shape index (κ2) is 7.61. The molecule has 1 aromatic heterocycles. The Balaban J connectivity index is 1.50. The van der Waals surface area contributed by atoms with Crippen molar-refractivity contribution in [3.05, 3.63) is 77.1 Å². The van der Waals surface area contributed by atoms with Crippen LogP contribution in [0, 0.1) is 5.82 Å². The topological polar surface area (TPSA) is 39.2 Å². The second-order valence-corrected chi connectivity index (χ2v) is 7.71. The molecule has 0 atom stereocenters. The third kappa shape index (κ3) is 3.52. The van der Waals surface area contributed by atoms with E-state index in [0.717, 1.165) is 23.4 Å². The molecule has 3 aromatic rings. The molecule has 0 radical (unpaired) electrons. The smallest absolute Gasteiger partial charge is 0.317 e. The molecule has 1 aliphatic carbocycles. The van der Waals surface area contributed by atoms with Crippen LogP contribution in [0.1, 0.15) is 36.9 Å². The number of hydrogen-bond donors (Lipinski definition) is 0. The van der Waals surface area contributed by atoms with E-state index in [1.807, 2.05) is 35.7 Å². The van der Waals surface area contributed by atoms with Crippen LogP contribution in [0.4, 0.5) is 4.39 Å². The number of carbonyl (C=O) groups excluding carboxylic acids is 1. The molecule has 1 fully saturated rings. The van der Waals surface area contributed by atoms with Gasteiger partial charge in [0.15, 0.2) is 0 Å². The second-order valence-electron chi connectivity index (χ2n) is 6.86. The quantitative estimate of drug-likeness (QED) is 0.548. The summed E-state index contributed by atoms with van der Waals surface area (Å²) >= 11 is 1.52. The van der Waals surface area contributed by atoms with E-state index in [2.05, 4.69) is 4.98 Å². The third-order valence-corrected chi connectivity index (χ3v) is 6.10. The minimum absolute atomic E-state index is 0.109. The Kier molecular flexibility index (Phi) is 5.03. The highest BCUT2D eigenvalue weighted by molar-refractivity contribution is 7.13. The van der Waals surface area contributed by atoms with Crippen LogP contribution in [0.2, 0.25) is 0 Å².